The summed E-state index contributed by atoms with van der Waals surface area (Å²) in [6.07, 6.45) is 10.7. The highest BCUT2D eigenvalue weighted by molar-refractivity contribution is 5.94. The second-order valence-electron chi connectivity index (χ2n) is 7.15. The molecule has 0 saturated carbocycles. The van der Waals surface area contributed by atoms with E-state index >= 15 is 0 Å². The number of carbonyl (C=O) groups excluding carboxylic acids is 1. The molecule has 1 aliphatic rings. The van der Waals surface area contributed by atoms with Crippen LogP contribution in [0.1, 0.15) is 54.8 Å². The Hall–Kier alpha value is -3.03. The first-order chi connectivity index (χ1) is 13.1. The highest BCUT2D eigenvalue weighted by Crippen LogP contribution is 2.28. The Morgan fingerprint density at radius 1 is 1.19 bits per heavy atom. The number of rotatable bonds is 4. The molecule has 1 amide bonds. The lowest BCUT2D eigenvalue weighted by molar-refractivity contribution is 0.0703. The zero-order chi connectivity index (χ0) is 18.8. The average molecular weight is 365 g/mol. The van der Waals surface area contributed by atoms with Crippen molar-refractivity contribution in [3.63, 3.8) is 0 Å². The van der Waals surface area contributed by atoms with Gasteiger partial charge in [0.25, 0.3) is 5.91 Å². The van der Waals surface area contributed by atoms with Crippen molar-refractivity contribution >= 4 is 5.91 Å². The molecular formula is C19H23N7O. The third-order valence-corrected chi connectivity index (χ3v) is 5.00. The Morgan fingerprint density at radius 2 is 2.00 bits per heavy atom. The highest BCUT2D eigenvalue weighted by Gasteiger charge is 2.28. The molecule has 4 rings (SSSR count). The molecule has 1 atom stereocenters. The molecule has 3 aromatic rings. The molecule has 1 saturated heterocycles. The number of aromatic nitrogens is 6. The van der Waals surface area contributed by atoms with Crippen LogP contribution in [0.4, 0.5) is 0 Å². The van der Waals surface area contributed by atoms with Crippen LogP contribution in [0.25, 0.3) is 5.82 Å². The zero-order valence-electron chi connectivity index (χ0n) is 15.6. The molecule has 1 fully saturated rings. The number of imidazole rings is 1. The second kappa shape index (κ2) is 7.30. The fourth-order valence-electron chi connectivity index (χ4n) is 3.64. The molecule has 0 aliphatic carbocycles. The van der Waals surface area contributed by atoms with E-state index in [0.29, 0.717) is 24.0 Å². The van der Waals surface area contributed by atoms with Gasteiger partial charge in [0, 0.05) is 49.2 Å². The largest absolute Gasteiger partial charge is 0.338 e. The van der Waals surface area contributed by atoms with Crippen molar-refractivity contribution in [1.82, 2.24) is 34.2 Å². The van der Waals surface area contributed by atoms with Gasteiger partial charge in [-0.15, -0.1) is 10.2 Å². The van der Waals surface area contributed by atoms with Crippen LogP contribution in [0.3, 0.4) is 0 Å². The minimum atomic E-state index is 0.0269. The van der Waals surface area contributed by atoms with Crippen molar-refractivity contribution in [1.29, 1.82) is 0 Å². The van der Waals surface area contributed by atoms with Crippen LogP contribution in [0.15, 0.2) is 43.4 Å². The van der Waals surface area contributed by atoms with E-state index in [1.807, 2.05) is 17.3 Å². The van der Waals surface area contributed by atoms with Crippen molar-refractivity contribution in [2.75, 3.05) is 13.1 Å². The maximum Gasteiger partial charge on any atom is 0.254 e. The van der Waals surface area contributed by atoms with Crippen LogP contribution in [0, 0.1) is 0 Å². The Bertz CT molecular complexity index is 916. The van der Waals surface area contributed by atoms with Gasteiger partial charge in [-0.25, -0.2) is 9.97 Å². The van der Waals surface area contributed by atoms with E-state index < -0.39 is 0 Å². The van der Waals surface area contributed by atoms with Crippen LogP contribution in [-0.2, 0) is 0 Å². The Morgan fingerprint density at radius 3 is 2.78 bits per heavy atom. The van der Waals surface area contributed by atoms with Gasteiger partial charge in [-0.1, -0.05) is 0 Å². The normalized spacial score (nSPS) is 17.4. The third kappa shape index (κ3) is 3.47. The molecule has 0 spiro atoms. The summed E-state index contributed by atoms with van der Waals surface area (Å²) in [6, 6.07) is 3.90. The summed E-state index contributed by atoms with van der Waals surface area (Å²) in [6.45, 7) is 5.76. The van der Waals surface area contributed by atoms with Crippen molar-refractivity contribution in [3.8, 4) is 5.82 Å². The quantitative estimate of drug-likeness (QED) is 0.709. The van der Waals surface area contributed by atoms with E-state index in [4.69, 9.17) is 0 Å². The van der Waals surface area contributed by atoms with Crippen molar-refractivity contribution < 1.29 is 4.79 Å². The lowest BCUT2D eigenvalue weighted by atomic mass is 9.96. The molecule has 0 radical (unpaired) electrons. The summed E-state index contributed by atoms with van der Waals surface area (Å²) in [7, 11) is 0. The topological polar surface area (TPSA) is 81.7 Å². The first-order valence-electron chi connectivity index (χ1n) is 9.26. The number of likely N-dealkylation sites (tertiary alicyclic amines) is 1. The van der Waals surface area contributed by atoms with Gasteiger partial charge in [-0.2, -0.15) is 0 Å². The molecule has 8 nitrogen and oxygen atoms in total. The van der Waals surface area contributed by atoms with Crippen LogP contribution >= 0.6 is 0 Å². The van der Waals surface area contributed by atoms with Gasteiger partial charge >= 0.3 is 0 Å². The van der Waals surface area contributed by atoms with Crippen LogP contribution < -0.4 is 0 Å². The van der Waals surface area contributed by atoms with E-state index in [1.54, 1.807) is 35.6 Å². The number of amides is 1. The molecule has 27 heavy (non-hydrogen) atoms. The maximum absolute atomic E-state index is 13.1. The smallest absolute Gasteiger partial charge is 0.254 e. The van der Waals surface area contributed by atoms with E-state index in [1.165, 1.54) is 0 Å². The minimum Gasteiger partial charge on any atom is -0.338 e. The first kappa shape index (κ1) is 17.4. The van der Waals surface area contributed by atoms with Gasteiger partial charge in [0.05, 0.1) is 0 Å². The van der Waals surface area contributed by atoms with Gasteiger partial charge in [0.15, 0.2) is 0 Å². The highest BCUT2D eigenvalue weighted by atomic mass is 16.2. The first-order valence-corrected chi connectivity index (χ1v) is 9.26. The van der Waals surface area contributed by atoms with Gasteiger partial charge in [0.1, 0.15) is 24.3 Å². The molecule has 140 valence electrons. The molecule has 3 aromatic heterocycles. The second-order valence-corrected chi connectivity index (χ2v) is 7.15. The third-order valence-electron chi connectivity index (χ3n) is 5.00. The molecular weight excluding hydrogens is 342 g/mol. The summed E-state index contributed by atoms with van der Waals surface area (Å²) in [5.74, 6) is 2.00. The molecule has 0 aromatic carbocycles. The monoisotopic (exact) mass is 365 g/mol. The maximum atomic E-state index is 13.1. The fraction of sp³-hybridized carbons (Fsp3) is 0.421. The molecule has 1 aliphatic heterocycles. The molecule has 8 heteroatoms. The number of piperidine rings is 1. The predicted molar refractivity (Wildman–Crippen MR) is 99.6 cm³/mol. The minimum absolute atomic E-state index is 0.0269. The standard InChI is InChI=1S/C19H23N7O/c1-14(2)26-9-7-21-18(26)16-4-3-8-24(11-16)19(27)15-5-6-20-17(10-15)25-12-22-23-13-25/h5-7,9-10,12-14,16H,3-4,8,11H2,1-2H3. The molecule has 4 heterocycles. The van der Waals surface area contributed by atoms with Crippen molar-refractivity contribution in [2.24, 2.45) is 0 Å². The van der Waals surface area contributed by atoms with E-state index in [0.717, 1.165) is 25.2 Å². The summed E-state index contributed by atoms with van der Waals surface area (Å²) < 4.78 is 3.89. The molecule has 0 bridgehead atoms. The SMILES string of the molecule is CC(C)n1ccnc1C1CCCN(C(=O)c2ccnc(-n3cnnc3)c2)C1. The summed E-state index contributed by atoms with van der Waals surface area (Å²) in [5, 5.41) is 7.58. The number of pyridine rings is 1. The number of nitrogens with zero attached hydrogens (tertiary/aromatic N) is 7. The zero-order valence-corrected chi connectivity index (χ0v) is 15.6. The molecule has 1 unspecified atom stereocenters. The summed E-state index contributed by atoms with van der Waals surface area (Å²) in [5.41, 5.74) is 0.626. The summed E-state index contributed by atoms with van der Waals surface area (Å²) in [4.78, 5) is 23.9. The number of hydrogen-bond donors (Lipinski definition) is 0. The van der Waals surface area contributed by atoms with E-state index in [2.05, 4.69) is 38.6 Å². The lowest BCUT2D eigenvalue weighted by Gasteiger charge is -2.33. The van der Waals surface area contributed by atoms with E-state index in [9.17, 15) is 4.79 Å². The van der Waals surface area contributed by atoms with Crippen LogP contribution in [-0.4, -0.2) is 53.2 Å². The Kier molecular flexibility index (Phi) is 4.70. The Labute approximate surface area is 157 Å². The van der Waals surface area contributed by atoms with Crippen molar-refractivity contribution in [2.45, 2.75) is 38.6 Å². The summed E-state index contributed by atoms with van der Waals surface area (Å²) >= 11 is 0. The van der Waals surface area contributed by atoms with Crippen LogP contribution in [0.2, 0.25) is 0 Å². The van der Waals surface area contributed by atoms with Gasteiger partial charge < -0.3 is 9.47 Å². The van der Waals surface area contributed by atoms with E-state index in [-0.39, 0.29) is 11.8 Å². The van der Waals surface area contributed by atoms with Crippen LogP contribution in [0.5, 0.6) is 0 Å². The molecule has 0 N–H and O–H groups in total. The van der Waals surface area contributed by atoms with Crippen molar-refractivity contribution in [3.05, 3.63) is 54.8 Å². The van der Waals surface area contributed by atoms with Gasteiger partial charge in [0.2, 0.25) is 0 Å². The average Bonchev–Trinajstić information content (AvgIpc) is 3.39. The van der Waals surface area contributed by atoms with Gasteiger partial charge in [-0.05, 0) is 38.8 Å². The van der Waals surface area contributed by atoms with Gasteiger partial charge in [-0.3, -0.25) is 9.36 Å². The number of hydrogen-bond acceptors (Lipinski definition) is 5. The fourth-order valence-corrected chi connectivity index (χ4v) is 3.64. The Balaban J connectivity index is 1.54. The predicted octanol–water partition coefficient (Wildman–Crippen LogP) is 2.46. The number of carbonyl (C=O) groups is 1. The lowest BCUT2D eigenvalue weighted by Crippen LogP contribution is -2.39.